The molecule has 0 fully saturated rings. The Morgan fingerprint density at radius 2 is 2.29 bits per heavy atom. The Kier molecular flexibility index (Phi) is 7.33. The zero-order chi connectivity index (χ0) is 12.0. The summed E-state index contributed by atoms with van der Waals surface area (Å²) in [6.07, 6.45) is 3.26. The van der Waals surface area contributed by atoms with Crippen LogP contribution in [0.5, 0.6) is 0 Å². The van der Waals surface area contributed by atoms with E-state index in [9.17, 15) is 9.59 Å². The second-order valence-corrected chi connectivity index (χ2v) is 3.28. The van der Waals surface area contributed by atoms with Gasteiger partial charge in [0, 0.05) is 31.3 Å². The normalized spacial score (nSPS) is 11.4. The number of rotatable bonds is 6. The Balaban J connectivity index is 0.00000256. The molecule has 1 rings (SSSR count). The number of nitrogens with zero attached hydrogens (tertiary/aromatic N) is 1. The Labute approximate surface area is 111 Å². The monoisotopic (exact) mass is 290 g/mol. The number of amides is 1. The fourth-order valence-electron chi connectivity index (χ4n) is 1.21. The largest absolute Gasteiger partial charge is 2.00 e. The first-order valence-corrected chi connectivity index (χ1v) is 4.83. The minimum atomic E-state index is -1.08. The van der Waals surface area contributed by atoms with Gasteiger partial charge in [0.1, 0.15) is 6.04 Å². The van der Waals surface area contributed by atoms with Gasteiger partial charge in [-0.3, -0.25) is 4.79 Å². The van der Waals surface area contributed by atoms with Gasteiger partial charge in [-0.2, -0.15) is 0 Å². The molecule has 88 valence electrons. The van der Waals surface area contributed by atoms with E-state index < -0.39 is 12.0 Å². The zero-order valence-corrected chi connectivity index (χ0v) is 12.3. The molecule has 0 aliphatic rings. The van der Waals surface area contributed by atoms with Gasteiger partial charge >= 0.3 is 25.4 Å². The molecule has 8 heteroatoms. The number of aliphatic carboxylic acids is 1. The summed E-state index contributed by atoms with van der Waals surface area (Å²) in [6, 6.07) is -0.959. The molecule has 1 aromatic rings. The van der Waals surface area contributed by atoms with E-state index in [1.165, 1.54) is 12.5 Å². The third-order valence-corrected chi connectivity index (χ3v) is 1.98. The molecule has 17 heavy (non-hydrogen) atoms. The second-order valence-electron chi connectivity index (χ2n) is 3.28. The smallest absolute Gasteiger partial charge is 0.480 e. The van der Waals surface area contributed by atoms with Gasteiger partial charge in [-0.25, -0.2) is 9.78 Å². The molecule has 1 aromatic heterocycles. The van der Waals surface area contributed by atoms with Gasteiger partial charge in [0.15, 0.2) is 0 Å². The van der Waals surface area contributed by atoms with E-state index >= 15 is 0 Å². The number of nitrogens with two attached hydrogens (primary N) is 1. The number of imidazole rings is 1. The van der Waals surface area contributed by atoms with Crippen LogP contribution < -0.4 is 11.1 Å². The van der Waals surface area contributed by atoms with Crippen molar-refractivity contribution in [1.82, 2.24) is 15.3 Å². The number of carboxylic acids is 1. The Bertz CT molecular complexity index is 355. The van der Waals surface area contributed by atoms with Crippen molar-refractivity contribution in [2.45, 2.75) is 18.9 Å². The van der Waals surface area contributed by atoms with Crippen molar-refractivity contribution in [2.75, 3.05) is 6.54 Å². The van der Waals surface area contributed by atoms with Crippen molar-refractivity contribution in [3.63, 3.8) is 0 Å². The first-order valence-electron chi connectivity index (χ1n) is 4.83. The SMILES string of the molecule is NCCC(=O)N[C@@H](Cc1cnc[nH]1)C(=O)O.[Zn+2]. The fourth-order valence-corrected chi connectivity index (χ4v) is 1.21. The van der Waals surface area contributed by atoms with Gasteiger partial charge in [-0.05, 0) is 0 Å². The van der Waals surface area contributed by atoms with Gasteiger partial charge in [-0.1, -0.05) is 0 Å². The van der Waals surface area contributed by atoms with E-state index in [0.717, 1.165) is 0 Å². The standard InChI is InChI=1S/C9H14N4O3.Zn/c10-2-1-8(14)13-7(9(15)16)3-6-4-11-5-12-6;/h4-5,7H,1-3,10H2,(H,11,12)(H,13,14)(H,15,16);/q;+2/t7-;/m0./s1. The molecule has 0 saturated heterocycles. The van der Waals surface area contributed by atoms with Crippen LogP contribution in [0.1, 0.15) is 12.1 Å². The Morgan fingerprint density at radius 3 is 2.76 bits per heavy atom. The predicted octanol–water partition coefficient (Wildman–Crippen LogP) is -1.13. The van der Waals surface area contributed by atoms with Crippen LogP contribution in [0, 0.1) is 0 Å². The molecule has 0 spiro atoms. The van der Waals surface area contributed by atoms with Crippen molar-refractivity contribution >= 4 is 11.9 Å². The molecule has 0 saturated carbocycles. The zero-order valence-electron chi connectivity index (χ0n) is 9.35. The minimum absolute atomic E-state index is 0. The Hall–Kier alpha value is -1.27. The third-order valence-electron chi connectivity index (χ3n) is 1.98. The summed E-state index contributed by atoms with van der Waals surface area (Å²) >= 11 is 0. The molecule has 0 bridgehead atoms. The summed E-state index contributed by atoms with van der Waals surface area (Å²) in [5, 5.41) is 11.3. The van der Waals surface area contributed by atoms with Crippen LogP contribution in [0.4, 0.5) is 0 Å². The number of carbonyl (C=O) groups is 2. The summed E-state index contributed by atoms with van der Waals surface area (Å²) in [6.45, 7) is 0.197. The molecule has 0 aliphatic heterocycles. The van der Waals surface area contributed by atoms with Crippen LogP contribution in [-0.4, -0.2) is 39.5 Å². The topological polar surface area (TPSA) is 121 Å². The van der Waals surface area contributed by atoms with Crippen molar-refractivity contribution in [1.29, 1.82) is 0 Å². The van der Waals surface area contributed by atoms with Crippen molar-refractivity contribution < 1.29 is 34.2 Å². The number of carbonyl (C=O) groups excluding carboxylic acids is 1. The molecular formula is C9H14N4O3Zn+2. The quantitative estimate of drug-likeness (QED) is 0.494. The number of carboxylic acid groups (broad SMARTS) is 1. The summed E-state index contributed by atoms with van der Waals surface area (Å²) in [7, 11) is 0. The van der Waals surface area contributed by atoms with E-state index in [-0.39, 0.29) is 44.8 Å². The van der Waals surface area contributed by atoms with Crippen LogP contribution in [0.3, 0.4) is 0 Å². The van der Waals surface area contributed by atoms with Crippen molar-refractivity contribution in [2.24, 2.45) is 5.73 Å². The van der Waals surface area contributed by atoms with Gasteiger partial charge < -0.3 is 21.1 Å². The van der Waals surface area contributed by atoms with Gasteiger partial charge in [0.05, 0.1) is 6.33 Å². The van der Waals surface area contributed by atoms with E-state index in [1.54, 1.807) is 0 Å². The number of nitrogens with one attached hydrogen (secondary N) is 2. The van der Waals surface area contributed by atoms with E-state index in [2.05, 4.69) is 15.3 Å². The van der Waals surface area contributed by atoms with Crippen LogP contribution >= 0.6 is 0 Å². The molecule has 0 aromatic carbocycles. The van der Waals surface area contributed by atoms with Gasteiger partial charge in [0.25, 0.3) is 0 Å². The number of H-pyrrole nitrogens is 1. The average Bonchev–Trinajstić information content (AvgIpc) is 2.69. The van der Waals surface area contributed by atoms with Crippen LogP contribution in [0.25, 0.3) is 0 Å². The number of aromatic amines is 1. The van der Waals surface area contributed by atoms with E-state index in [1.807, 2.05) is 0 Å². The molecular weight excluding hydrogens is 278 g/mol. The molecule has 1 amide bonds. The summed E-state index contributed by atoms with van der Waals surface area (Å²) in [5.74, 6) is -1.45. The van der Waals surface area contributed by atoms with Gasteiger partial charge in [0.2, 0.25) is 5.91 Å². The number of hydrogen-bond donors (Lipinski definition) is 4. The van der Waals surface area contributed by atoms with Gasteiger partial charge in [-0.15, -0.1) is 0 Å². The predicted molar refractivity (Wildman–Crippen MR) is 55.5 cm³/mol. The first kappa shape index (κ1) is 15.7. The minimum Gasteiger partial charge on any atom is -0.480 e. The maximum absolute atomic E-state index is 11.2. The fraction of sp³-hybridized carbons (Fsp3) is 0.444. The van der Waals surface area contributed by atoms with E-state index in [0.29, 0.717) is 5.69 Å². The van der Waals surface area contributed by atoms with Crippen LogP contribution in [0.2, 0.25) is 0 Å². The average molecular weight is 292 g/mol. The van der Waals surface area contributed by atoms with Crippen LogP contribution in [-0.2, 0) is 35.5 Å². The molecule has 0 aliphatic carbocycles. The molecule has 7 nitrogen and oxygen atoms in total. The summed E-state index contributed by atoms with van der Waals surface area (Å²) < 4.78 is 0. The molecule has 0 radical (unpaired) electrons. The van der Waals surface area contributed by atoms with E-state index in [4.69, 9.17) is 10.8 Å². The third kappa shape index (κ3) is 5.56. The molecule has 1 atom stereocenters. The first-order chi connectivity index (χ1) is 7.63. The molecule has 1 heterocycles. The maximum Gasteiger partial charge on any atom is 2.00 e. The molecule has 5 N–H and O–H groups in total. The maximum atomic E-state index is 11.2. The number of aromatic nitrogens is 2. The molecule has 0 unspecified atom stereocenters. The summed E-state index contributed by atoms with van der Waals surface area (Å²) in [5.41, 5.74) is 5.85. The number of hydrogen-bond acceptors (Lipinski definition) is 4. The van der Waals surface area contributed by atoms with Crippen molar-refractivity contribution in [3.05, 3.63) is 18.2 Å². The second kappa shape index (κ2) is 7.92. The van der Waals surface area contributed by atoms with Crippen LogP contribution in [0.15, 0.2) is 12.5 Å². The summed E-state index contributed by atoms with van der Waals surface area (Å²) in [4.78, 5) is 28.6. The Morgan fingerprint density at radius 1 is 1.59 bits per heavy atom. The van der Waals surface area contributed by atoms with Crippen molar-refractivity contribution in [3.8, 4) is 0 Å².